The number of benzene rings is 1. The first-order valence-corrected chi connectivity index (χ1v) is 6.17. The van der Waals surface area contributed by atoms with Gasteiger partial charge in [0.1, 0.15) is 5.75 Å². The van der Waals surface area contributed by atoms with Gasteiger partial charge in [0.05, 0.1) is 22.4 Å². The Hall–Kier alpha value is -2.55. The molecule has 1 aromatic carbocycles. The summed E-state index contributed by atoms with van der Waals surface area (Å²) in [6, 6.07) is 4.46. The van der Waals surface area contributed by atoms with Crippen LogP contribution in [0.1, 0.15) is 10.4 Å². The second-order valence-corrected chi connectivity index (χ2v) is 4.60. The van der Waals surface area contributed by atoms with Crippen LogP contribution in [-0.2, 0) is 0 Å². The number of hydrogen-bond acceptors (Lipinski definition) is 6. The van der Waals surface area contributed by atoms with E-state index in [1.54, 1.807) is 6.07 Å². The van der Waals surface area contributed by atoms with E-state index >= 15 is 0 Å². The Labute approximate surface area is 120 Å². The maximum absolute atomic E-state index is 11.0. The number of rotatable bonds is 3. The second-order valence-electron chi connectivity index (χ2n) is 3.75. The molecule has 0 aliphatic heterocycles. The van der Waals surface area contributed by atoms with Crippen LogP contribution in [-0.4, -0.2) is 36.1 Å². The van der Waals surface area contributed by atoms with E-state index < -0.39 is 5.97 Å². The fourth-order valence-corrected chi connectivity index (χ4v) is 1.88. The molecule has 0 saturated heterocycles. The van der Waals surface area contributed by atoms with Crippen LogP contribution in [0.4, 0.5) is 0 Å². The van der Waals surface area contributed by atoms with Gasteiger partial charge in [-0.15, -0.1) is 5.10 Å². The molecule has 0 amide bonds. The highest BCUT2D eigenvalue weighted by Crippen LogP contribution is 2.30. The molecule has 9 heteroatoms. The van der Waals surface area contributed by atoms with Crippen molar-refractivity contribution in [3.05, 3.63) is 40.6 Å². The fraction of sp³-hybridized carbons (Fsp3) is 0. The topological polar surface area (TPSA) is 102 Å². The lowest BCUT2D eigenvalue weighted by atomic mass is 10.2. The third-order valence-electron chi connectivity index (χ3n) is 2.47. The average Bonchev–Trinajstić information content (AvgIpc) is 2.90. The van der Waals surface area contributed by atoms with Crippen LogP contribution < -0.4 is 4.74 Å². The van der Waals surface area contributed by atoms with E-state index in [-0.39, 0.29) is 11.4 Å². The predicted octanol–water partition coefficient (Wildman–Crippen LogP) is 1.77. The SMILES string of the molecule is O=C(O)c1ccc(Br)c(Oc2cncc3nnnn23)c1. The van der Waals surface area contributed by atoms with Crippen molar-refractivity contribution in [3.8, 4) is 11.6 Å². The summed E-state index contributed by atoms with van der Waals surface area (Å²) < 4.78 is 7.58. The van der Waals surface area contributed by atoms with Crippen molar-refractivity contribution in [2.75, 3.05) is 0 Å². The van der Waals surface area contributed by atoms with Gasteiger partial charge in [-0.1, -0.05) is 0 Å². The Balaban J connectivity index is 2.04. The van der Waals surface area contributed by atoms with Crippen LogP contribution in [0.3, 0.4) is 0 Å². The van der Waals surface area contributed by atoms with E-state index in [9.17, 15) is 4.79 Å². The number of fused-ring (bicyclic) bond motifs is 1. The lowest BCUT2D eigenvalue weighted by Gasteiger charge is -2.08. The molecule has 0 unspecified atom stereocenters. The molecule has 2 heterocycles. The minimum absolute atomic E-state index is 0.111. The zero-order chi connectivity index (χ0) is 14.1. The van der Waals surface area contributed by atoms with Crippen molar-refractivity contribution in [3.63, 3.8) is 0 Å². The van der Waals surface area contributed by atoms with Crippen LogP contribution in [0.2, 0.25) is 0 Å². The molecule has 0 radical (unpaired) electrons. The standard InChI is InChI=1S/C11H6BrN5O3/c12-7-2-1-6(11(18)19)3-8(7)20-10-5-13-4-9-14-15-16-17(9)10/h1-5H,(H,18,19). The molecule has 0 aliphatic rings. The summed E-state index contributed by atoms with van der Waals surface area (Å²) in [5.41, 5.74) is 0.535. The van der Waals surface area contributed by atoms with E-state index in [1.807, 2.05) is 0 Å². The molecule has 0 spiro atoms. The van der Waals surface area contributed by atoms with E-state index in [0.29, 0.717) is 15.9 Å². The van der Waals surface area contributed by atoms with Crippen molar-refractivity contribution >= 4 is 27.5 Å². The first-order valence-electron chi connectivity index (χ1n) is 5.38. The van der Waals surface area contributed by atoms with Crippen molar-refractivity contribution in [1.29, 1.82) is 0 Å². The van der Waals surface area contributed by atoms with Gasteiger partial charge in [-0.05, 0) is 44.6 Å². The summed E-state index contributed by atoms with van der Waals surface area (Å²) >= 11 is 3.29. The van der Waals surface area contributed by atoms with Gasteiger partial charge in [-0.3, -0.25) is 4.98 Å². The minimum Gasteiger partial charge on any atom is -0.478 e. The van der Waals surface area contributed by atoms with Gasteiger partial charge in [-0.25, -0.2) is 4.79 Å². The maximum Gasteiger partial charge on any atom is 0.335 e. The quantitative estimate of drug-likeness (QED) is 0.777. The average molecular weight is 336 g/mol. The van der Waals surface area contributed by atoms with Crippen molar-refractivity contribution in [1.82, 2.24) is 25.0 Å². The number of carbonyl (C=O) groups is 1. The highest BCUT2D eigenvalue weighted by molar-refractivity contribution is 9.10. The number of tetrazole rings is 1. The van der Waals surface area contributed by atoms with Gasteiger partial charge in [0.25, 0.3) is 0 Å². The first-order chi connectivity index (χ1) is 9.65. The van der Waals surface area contributed by atoms with Gasteiger partial charge in [0.15, 0.2) is 0 Å². The Kier molecular flexibility index (Phi) is 3.03. The molecule has 0 aliphatic carbocycles. The first kappa shape index (κ1) is 12.5. The zero-order valence-corrected chi connectivity index (χ0v) is 11.4. The number of aromatic carboxylic acids is 1. The fourth-order valence-electron chi connectivity index (χ4n) is 1.55. The number of hydrogen-bond donors (Lipinski definition) is 1. The maximum atomic E-state index is 11.0. The lowest BCUT2D eigenvalue weighted by molar-refractivity contribution is 0.0696. The van der Waals surface area contributed by atoms with Gasteiger partial charge >= 0.3 is 5.97 Å². The molecule has 100 valence electrons. The molecular formula is C11H6BrN5O3. The highest BCUT2D eigenvalue weighted by atomic mass is 79.9. The van der Waals surface area contributed by atoms with Gasteiger partial charge in [-0.2, -0.15) is 4.52 Å². The number of ether oxygens (including phenoxy) is 1. The van der Waals surface area contributed by atoms with Crippen LogP contribution in [0.5, 0.6) is 11.6 Å². The molecule has 3 rings (SSSR count). The Morgan fingerprint density at radius 3 is 3.00 bits per heavy atom. The monoisotopic (exact) mass is 335 g/mol. The molecule has 0 saturated carbocycles. The summed E-state index contributed by atoms with van der Waals surface area (Å²) in [7, 11) is 0. The zero-order valence-electron chi connectivity index (χ0n) is 9.76. The number of nitrogens with zero attached hydrogens (tertiary/aromatic N) is 5. The normalized spacial score (nSPS) is 10.7. The van der Waals surface area contributed by atoms with Crippen molar-refractivity contribution in [2.45, 2.75) is 0 Å². The summed E-state index contributed by atoms with van der Waals surface area (Å²) in [5.74, 6) is -0.438. The van der Waals surface area contributed by atoms with E-state index in [2.05, 4.69) is 36.4 Å². The van der Waals surface area contributed by atoms with Crippen molar-refractivity contribution < 1.29 is 14.6 Å². The smallest absolute Gasteiger partial charge is 0.335 e. The third-order valence-corrected chi connectivity index (χ3v) is 3.13. The lowest BCUT2D eigenvalue weighted by Crippen LogP contribution is -2.00. The van der Waals surface area contributed by atoms with E-state index in [4.69, 9.17) is 9.84 Å². The van der Waals surface area contributed by atoms with Gasteiger partial charge in [0, 0.05) is 0 Å². The van der Waals surface area contributed by atoms with Gasteiger partial charge < -0.3 is 9.84 Å². The summed E-state index contributed by atoms with van der Waals surface area (Å²) in [5, 5.41) is 20.0. The second kappa shape index (κ2) is 4.85. The summed E-state index contributed by atoms with van der Waals surface area (Å²) in [6.45, 7) is 0. The molecule has 2 aromatic heterocycles. The summed E-state index contributed by atoms with van der Waals surface area (Å²) in [4.78, 5) is 14.9. The predicted molar refractivity (Wildman–Crippen MR) is 69.8 cm³/mol. The van der Waals surface area contributed by atoms with E-state index in [1.165, 1.54) is 29.0 Å². The molecule has 1 N–H and O–H groups in total. The minimum atomic E-state index is -1.04. The van der Waals surface area contributed by atoms with Crippen LogP contribution in [0.15, 0.2) is 35.1 Å². The Morgan fingerprint density at radius 1 is 1.35 bits per heavy atom. The van der Waals surface area contributed by atoms with Gasteiger partial charge in [0.2, 0.25) is 11.5 Å². The number of carboxylic acid groups (broad SMARTS) is 1. The molecule has 8 nitrogen and oxygen atoms in total. The van der Waals surface area contributed by atoms with Crippen LogP contribution in [0, 0.1) is 0 Å². The summed E-state index contributed by atoms with van der Waals surface area (Å²) in [6.07, 6.45) is 2.92. The van der Waals surface area contributed by atoms with Crippen LogP contribution >= 0.6 is 15.9 Å². The highest BCUT2D eigenvalue weighted by Gasteiger charge is 2.11. The molecule has 0 bridgehead atoms. The molecular weight excluding hydrogens is 330 g/mol. The molecule has 3 aromatic rings. The van der Waals surface area contributed by atoms with E-state index in [0.717, 1.165) is 0 Å². The van der Waals surface area contributed by atoms with Crippen molar-refractivity contribution in [2.24, 2.45) is 0 Å². The number of halogens is 1. The molecule has 0 atom stereocenters. The third kappa shape index (κ3) is 2.18. The molecule has 0 fully saturated rings. The largest absolute Gasteiger partial charge is 0.478 e. The number of carboxylic acids is 1. The number of aromatic nitrogens is 5. The van der Waals surface area contributed by atoms with Crippen LogP contribution in [0.25, 0.3) is 5.65 Å². The molecule has 20 heavy (non-hydrogen) atoms. The Bertz CT molecular complexity index is 804. The Morgan fingerprint density at radius 2 is 2.20 bits per heavy atom.